The summed E-state index contributed by atoms with van der Waals surface area (Å²) in [5, 5.41) is 12.8. The summed E-state index contributed by atoms with van der Waals surface area (Å²) in [7, 11) is -3.20. The number of anilines is 1. The Morgan fingerprint density at radius 1 is 1.09 bits per heavy atom. The number of likely N-dealkylation sites (tertiary alicyclic amines) is 1. The van der Waals surface area contributed by atoms with Crippen LogP contribution < -0.4 is 10.1 Å². The number of pyridine rings is 1. The fourth-order valence-corrected chi connectivity index (χ4v) is 6.08. The fraction of sp³-hybridized carbons (Fsp3) is 0.273. The number of benzene rings is 2. The Labute approximate surface area is 263 Å². The van der Waals surface area contributed by atoms with Gasteiger partial charge in [-0.15, -0.1) is 0 Å². The van der Waals surface area contributed by atoms with Crippen molar-refractivity contribution in [3.05, 3.63) is 94.4 Å². The average Bonchev–Trinajstić information content (AvgIpc) is 2.99. The molecule has 5 rings (SSSR count). The van der Waals surface area contributed by atoms with E-state index in [1.807, 2.05) is 50.2 Å². The van der Waals surface area contributed by atoms with Crippen molar-refractivity contribution in [2.75, 3.05) is 24.7 Å². The quantitative estimate of drug-likeness (QED) is 0.161. The van der Waals surface area contributed by atoms with Gasteiger partial charge in [0.05, 0.1) is 16.5 Å². The van der Waals surface area contributed by atoms with Gasteiger partial charge in [0.2, 0.25) is 11.8 Å². The van der Waals surface area contributed by atoms with E-state index in [0.29, 0.717) is 33.2 Å². The van der Waals surface area contributed by atoms with Gasteiger partial charge < -0.3 is 10.1 Å². The molecule has 4 aromatic rings. The first-order valence-corrected chi connectivity index (χ1v) is 16.5. The van der Waals surface area contributed by atoms with E-state index in [2.05, 4.69) is 20.2 Å². The molecule has 11 heteroatoms. The minimum atomic E-state index is -3.20. The van der Waals surface area contributed by atoms with Gasteiger partial charge in [-0.05, 0) is 97.0 Å². The number of sulfone groups is 1. The highest BCUT2D eigenvalue weighted by Crippen LogP contribution is 2.36. The molecule has 0 aliphatic carbocycles. The number of hydrogen-bond donors (Lipinski definition) is 1. The summed E-state index contributed by atoms with van der Waals surface area (Å²) in [4.78, 5) is 16.2. The number of ether oxygens (including phenoxy) is 1. The van der Waals surface area contributed by atoms with Crippen LogP contribution >= 0.6 is 11.6 Å². The number of aromatic nitrogens is 3. The molecule has 0 unspecified atom stereocenters. The largest absolute Gasteiger partial charge is 0.438 e. The number of nitrogens with zero attached hydrogens (tertiary/aromatic N) is 5. The van der Waals surface area contributed by atoms with Crippen molar-refractivity contribution in [1.29, 1.82) is 5.26 Å². The summed E-state index contributed by atoms with van der Waals surface area (Å²) in [5.74, 6) is 1.55. The Bertz CT molecular complexity index is 1810. The smallest absolute Gasteiger partial charge is 0.231 e. The number of rotatable bonds is 9. The first kappa shape index (κ1) is 31.1. The molecule has 0 radical (unpaired) electrons. The van der Waals surface area contributed by atoms with Crippen LogP contribution in [0.1, 0.15) is 35.1 Å². The molecule has 1 fully saturated rings. The van der Waals surface area contributed by atoms with Gasteiger partial charge >= 0.3 is 0 Å². The van der Waals surface area contributed by atoms with Gasteiger partial charge in [-0.25, -0.2) is 18.4 Å². The molecule has 1 N–H and O–H groups in total. The molecular weight excluding hydrogens is 596 g/mol. The molecule has 2 aromatic carbocycles. The molecule has 44 heavy (non-hydrogen) atoms. The summed E-state index contributed by atoms with van der Waals surface area (Å²) in [6, 6.07) is 16.8. The van der Waals surface area contributed by atoms with Crippen molar-refractivity contribution in [2.24, 2.45) is 0 Å². The Balaban J connectivity index is 1.32. The average molecular weight is 629 g/mol. The second-order valence-electron chi connectivity index (χ2n) is 10.9. The Kier molecular flexibility index (Phi) is 9.59. The van der Waals surface area contributed by atoms with E-state index in [9.17, 15) is 8.42 Å². The molecule has 0 atom stereocenters. The van der Waals surface area contributed by atoms with Crippen LogP contribution in [0.5, 0.6) is 11.6 Å². The molecule has 0 saturated carbocycles. The summed E-state index contributed by atoms with van der Waals surface area (Å²) >= 11 is 6.20. The van der Waals surface area contributed by atoms with Gasteiger partial charge in [0.15, 0.2) is 9.84 Å². The fourth-order valence-electron chi connectivity index (χ4n) is 5.27. The zero-order valence-electron chi connectivity index (χ0n) is 24.8. The highest BCUT2D eigenvalue weighted by Gasteiger charge is 2.22. The molecule has 1 saturated heterocycles. The monoisotopic (exact) mass is 628 g/mol. The lowest BCUT2D eigenvalue weighted by atomic mass is 10.0. The maximum absolute atomic E-state index is 11.8. The summed E-state index contributed by atoms with van der Waals surface area (Å²) in [6.45, 7) is 6.45. The number of hydrogen-bond acceptors (Lipinski definition) is 9. The van der Waals surface area contributed by atoms with Crippen LogP contribution in [-0.2, 0) is 16.4 Å². The van der Waals surface area contributed by atoms with Crippen LogP contribution in [0.4, 0.5) is 5.95 Å². The maximum Gasteiger partial charge on any atom is 0.231 e. The van der Waals surface area contributed by atoms with Gasteiger partial charge in [-0.2, -0.15) is 10.2 Å². The lowest BCUT2D eigenvalue weighted by Crippen LogP contribution is -2.39. The highest BCUT2D eigenvalue weighted by molar-refractivity contribution is 7.90. The standard InChI is InChI=1S/C33H33ClN6O3S/c1-22-17-25(5-4-13-35)18-23(2)31(22)43-32-29(26-10-14-36-30(34)19-26)20-37-33(39-32)38-27-11-15-40(16-12-27)21-24-6-8-28(9-7-24)44(3,41)42/h4-10,14,17-20,27H,11-12,15-16,21H2,1-3H3,(H,37,38,39)/b5-4+. The van der Waals surface area contributed by atoms with Crippen molar-refractivity contribution in [3.8, 4) is 28.8 Å². The molecule has 0 bridgehead atoms. The zero-order valence-corrected chi connectivity index (χ0v) is 26.4. The van der Waals surface area contributed by atoms with Crippen LogP contribution in [0.3, 0.4) is 0 Å². The van der Waals surface area contributed by atoms with E-state index in [0.717, 1.165) is 60.3 Å². The third-order valence-corrected chi connectivity index (χ3v) is 8.84. The first-order chi connectivity index (χ1) is 21.1. The van der Waals surface area contributed by atoms with Crippen molar-refractivity contribution in [2.45, 2.75) is 44.2 Å². The summed E-state index contributed by atoms with van der Waals surface area (Å²) in [6.07, 6.45) is 9.61. The predicted molar refractivity (Wildman–Crippen MR) is 172 cm³/mol. The van der Waals surface area contributed by atoms with Gasteiger partial charge in [0, 0.05) is 50.4 Å². The Hall–Kier alpha value is -4.30. The molecule has 0 spiro atoms. The van der Waals surface area contributed by atoms with E-state index in [1.54, 1.807) is 36.7 Å². The van der Waals surface area contributed by atoms with Crippen molar-refractivity contribution >= 4 is 33.5 Å². The van der Waals surface area contributed by atoms with Gasteiger partial charge in [0.25, 0.3) is 0 Å². The lowest BCUT2D eigenvalue weighted by Gasteiger charge is -2.32. The van der Waals surface area contributed by atoms with E-state index in [1.165, 1.54) is 12.3 Å². The highest BCUT2D eigenvalue weighted by atomic mass is 35.5. The second-order valence-corrected chi connectivity index (χ2v) is 13.3. The third-order valence-electron chi connectivity index (χ3n) is 7.50. The molecule has 226 valence electrons. The summed E-state index contributed by atoms with van der Waals surface area (Å²) < 4.78 is 30.0. The third kappa shape index (κ3) is 7.80. The van der Waals surface area contributed by atoms with Gasteiger partial charge in [-0.1, -0.05) is 23.7 Å². The molecular formula is C33H33ClN6O3S. The number of allylic oxidation sites excluding steroid dienone is 1. The van der Waals surface area contributed by atoms with E-state index in [4.69, 9.17) is 26.6 Å². The second kappa shape index (κ2) is 13.6. The van der Waals surface area contributed by atoms with E-state index >= 15 is 0 Å². The maximum atomic E-state index is 11.8. The topological polar surface area (TPSA) is 121 Å². The zero-order chi connectivity index (χ0) is 31.3. The molecule has 1 aliphatic heterocycles. The Morgan fingerprint density at radius 3 is 2.43 bits per heavy atom. The number of piperidine rings is 1. The first-order valence-electron chi connectivity index (χ1n) is 14.2. The summed E-state index contributed by atoms with van der Waals surface area (Å²) in [5.41, 5.74) is 5.29. The SMILES string of the molecule is Cc1cc(/C=C/C#N)cc(C)c1Oc1nc(NC2CCN(Cc3ccc(S(C)(=O)=O)cc3)CC2)ncc1-c1ccnc(Cl)c1. The lowest BCUT2D eigenvalue weighted by molar-refractivity contribution is 0.211. The normalized spacial score (nSPS) is 14.4. The molecule has 0 amide bonds. The van der Waals surface area contributed by atoms with E-state index in [-0.39, 0.29) is 6.04 Å². The van der Waals surface area contributed by atoms with Crippen LogP contribution in [0.25, 0.3) is 17.2 Å². The number of nitriles is 1. The predicted octanol–water partition coefficient (Wildman–Crippen LogP) is 6.62. The number of halogens is 1. The molecule has 3 heterocycles. The van der Waals surface area contributed by atoms with Crippen LogP contribution in [0.15, 0.2) is 71.9 Å². The van der Waals surface area contributed by atoms with Crippen LogP contribution in [-0.4, -0.2) is 53.7 Å². The van der Waals surface area contributed by atoms with E-state index < -0.39 is 9.84 Å². The molecule has 1 aliphatic rings. The van der Waals surface area contributed by atoms with Crippen molar-refractivity contribution in [1.82, 2.24) is 19.9 Å². The Morgan fingerprint density at radius 2 is 1.80 bits per heavy atom. The van der Waals surface area contributed by atoms with Gasteiger partial charge in [0.1, 0.15) is 10.9 Å². The minimum Gasteiger partial charge on any atom is -0.438 e. The van der Waals surface area contributed by atoms with Crippen molar-refractivity contribution < 1.29 is 13.2 Å². The van der Waals surface area contributed by atoms with Crippen molar-refractivity contribution in [3.63, 3.8) is 0 Å². The number of nitrogens with one attached hydrogen (secondary N) is 1. The minimum absolute atomic E-state index is 0.183. The van der Waals surface area contributed by atoms with Crippen LogP contribution in [0.2, 0.25) is 5.15 Å². The molecule has 2 aromatic heterocycles. The number of aryl methyl sites for hydroxylation is 2. The van der Waals surface area contributed by atoms with Crippen LogP contribution in [0, 0.1) is 25.2 Å². The van der Waals surface area contributed by atoms with Gasteiger partial charge in [-0.3, -0.25) is 4.90 Å². The molecule has 9 nitrogen and oxygen atoms in total.